The van der Waals surface area contributed by atoms with Gasteiger partial charge < -0.3 is 24.5 Å². The summed E-state index contributed by atoms with van der Waals surface area (Å²) < 4.78 is 4.40. The van der Waals surface area contributed by atoms with Gasteiger partial charge in [0.15, 0.2) is 11.5 Å². The number of carboxylic acid groups (broad SMARTS) is 1. The zero-order valence-electron chi connectivity index (χ0n) is 19.9. The maximum atomic E-state index is 13.2. The molecule has 2 amide bonds. The Kier molecular flexibility index (Phi) is 5.01. The SMILES string of the molecule is C[C@H](CN1CCc2nc3c(cc2C1=O)nc(-c1cc2ccccc2n1CC1CC1)n3C)NC(=O)O. The highest BCUT2D eigenvalue weighted by molar-refractivity contribution is 5.99. The zero-order chi connectivity index (χ0) is 24.3. The van der Waals surface area contributed by atoms with Gasteiger partial charge in [0.25, 0.3) is 5.91 Å². The van der Waals surface area contributed by atoms with Crippen LogP contribution in [0.3, 0.4) is 0 Å². The van der Waals surface area contributed by atoms with Crippen LogP contribution in [0.25, 0.3) is 33.6 Å². The average molecular weight is 473 g/mol. The molecule has 0 unspecified atom stereocenters. The molecule has 1 aromatic carbocycles. The number of pyridine rings is 1. The molecular weight excluding hydrogens is 444 g/mol. The highest BCUT2D eigenvalue weighted by Crippen LogP contribution is 2.36. The van der Waals surface area contributed by atoms with Gasteiger partial charge in [0, 0.05) is 50.0 Å². The van der Waals surface area contributed by atoms with Crippen molar-refractivity contribution in [2.75, 3.05) is 13.1 Å². The van der Waals surface area contributed by atoms with Gasteiger partial charge in [-0.05, 0) is 43.9 Å². The van der Waals surface area contributed by atoms with Crippen LogP contribution in [0.2, 0.25) is 0 Å². The third-order valence-electron chi connectivity index (χ3n) is 7.10. The number of nitrogens with zero attached hydrogens (tertiary/aromatic N) is 5. The lowest BCUT2D eigenvalue weighted by Crippen LogP contribution is -2.46. The molecule has 2 aliphatic rings. The standard InChI is InChI=1S/C26H28N6O3/c1-15(27-26(34)35)13-31-10-9-19-18(25(31)33)12-20-23(28-19)30(2)24(29-20)22-11-17-5-3-4-6-21(17)32(22)14-16-7-8-16/h3-6,11-12,15-16,27H,7-10,13-14H2,1-2H3,(H,34,35)/t15-/m1/s1. The smallest absolute Gasteiger partial charge is 0.404 e. The summed E-state index contributed by atoms with van der Waals surface area (Å²) in [5.74, 6) is 1.43. The second-order valence-electron chi connectivity index (χ2n) is 9.81. The summed E-state index contributed by atoms with van der Waals surface area (Å²) in [6.07, 6.45) is 2.06. The highest BCUT2D eigenvalue weighted by atomic mass is 16.4. The molecule has 9 nitrogen and oxygen atoms in total. The molecule has 0 radical (unpaired) electrons. The Morgan fingerprint density at radius 3 is 2.80 bits per heavy atom. The van der Waals surface area contributed by atoms with E-state index in [1.165, 1.54) is 23.7 Å². The Labute approximate surface area is 202 Å². The number of para-hydroxylation sites is 1. The minimum Gasteiger partial charge on any atom is -0.465 e. The van der Waals surface area contributed by atoms with Gasteiger partial charge in [0.1, 0.15) is 5.52 Å². The van der Waals surface area contributed by atoms with Gasteiger partial charge in [0.05, 0.1) is 17.0 Å². The first kappa shape index (κ1) is 21.6. The molecule has 0 spiro atoms. The van der Waals surface area contributed by atoms with Crippen LogP contribution >= 0.6 is 0 Å². The third-order valence-corrected chi connectivity index (χ3v) is 7.10. The van der Waals surface area contributed by atoms with Gasteiger partial charge in [-0.2, -0.15) is 0 Å². The summed E-state index contributed by atoms with van der Waals surface area (Å²) in [5, 5.41) is 12.6. The molecular formula is C26H28N6O3. The van der Waals surface area contributed by atoms with E-state index in [4.69, 9.17) is 15.1 Å². The summed E-state index contributed by atoms with van der Waals surface area (Å²) in [4.78, 5) is 35.7. The summed E-state index contributed by atoms with van der Waals surface area (Å²) in [6, 6.07) is 12.1. The van der Waals surface area contributed by atoms with E-state index in [2.05, 4.69) is 40.2 Å². The molecule has 0 bridgehead atoms. The van der Waals surface area contributed by atoms with Crippen molar-refractivity contribution in [3.05, 3.63) is 47.7 Å². The lowest BCUT2D eigenvalue weighted by molar-refractivity contribution is 0.0722. The van der Waals surface area contributed by atoms with Crippen LogP contribution in [0.1, 0.15) is 35.8 Å². The molecule has 1 fully saturated rings. The zero-order valence-corrected chi connectivity index (χ0v) is 19.9. The second-order valence-corrected chi connectivity index (χ2v) is 9.81. The summed E-state index contributed by atoms with van der Waals surface area (Å²) in [6.45, 7) is 3.56. The highest BCUT2D eigenvalue weighted by Gasteiger charge is 2.29. The number of aromatic nitrogens is 4. The number of imidazole rings is 1. The fourth-order valence-corrected chi connectivity index (χ4v) is 5.18. The molecule has 4 aromatic rings. The van der Waals surface area contributed by atoms with E-state index in [0.717, 1.165) is 29.4 Å². The number of hydrogen-bond donors (Lipinski definition) is 2. The molecule has 180 valence electrons. The number of carbonyl (C=O) groups excluding carboxylic acids is 1. The van der Waals surface area contributed by atoms with Crippen molar-refractivity contribution in [1.82, 2.24) is 29.3 Å². The van der Waals surface area contributed by atoms with Gasteiger partial charge in [0.2, 0.25) is 0 Å². The fraction of sp³-hybridized carbons (Fsp3) is 0.385. The van der Waals surface area contributed by atoms with Gasteiger partial charge in [-0.3, -0.25) is 4.79 Å². The molecule has 3 aromatic heterocycles. The normalized spacial score (nSPS) is 16.6. The van der Waals surface area contributed by atoms with Crippen molar-refractivity contribution < 1.29 is 14.7 Å². The fourth-order valence-electron chi connectivity index (χ4n) is 5.18. The summed E-state index contributed by atoms with van der Waals surface area (Å²) in [5.41, 5.74) is 5.06. The lowest BCUT2D eigenvalue weighted by atomic mass is 10.0. The monoisotopic (exact) mass is 472 g/mol. The van der Waals surface area contributed by atoms with Crippen LogP contribution in [0, 0.1) is 5.92 Å². The molecule has 0 saturated heterocycles. The largest absolute Gasteiger partial charge is 0.465 e. The second kappa shape index (κ2) is 8.11. The van der Waals surface area contributed by atoms with Crippen molar-refractivity contribution in [3.63, 3.8) is 0 Å². The Hall–Kier alpha value is -3.88. The van der Waals surface area contributed by atoms with E-state index >= 15 is 0 Å². The van der Waals surface area contributed by atoms with E-state index in [0.29, 0.717) is 36.5 Å². The number of amides is 2. The van der Waals surface area contributed by atoms with Crippen molar-refractivity contribution in [2.24, 2.45) is 13.0 Å². The number of rotatable bonds is 6. The van der Waals surface area contributed by atoms with Crippen molar-refractivity contribution in [3.8, 4) is 11.5 Å². The first-order valence-corrected chi connectivity index (χ1v) is 12.1. The first-order chi connectivity index (χ1) is 16.9. The van der Waals surface area contributed by atoms with E-state index < -0.39 is 6.09 Å². The minimum absolute atomic E-state index is 0.130. The maximum absolute atomic E-state index is 13.2. The molecule has 1 saturated carbocycles. The van der Waals surface area contributed by atoms with Crippen LogP contribution in [-0.2, 0) is 20.0 Å². The summed E-state index contributed by atoms with van der Waals surface area (Å²) >= 11 is 0. The van der Waals surface area contributed by atoms with E-state index in [1.54, 1.807) is 11.8 Å². The Bertz CT molecular complexity index is 1480. The lowest BCUT2D eigenvalue weighted by Gasteiger charge is -2.30. The number of hydrogen-bond acceptors (Lipinski definition) is 4. The van der Waals surface area contributed by atoms with Gasteiger partial charge >= 0.3 is 6.09 Å². The van der Waals surface area contributed by atoms with Crippen LogP contribution in [0.5, 0.6) is 0 Å². The van der Waals surface area contributed by atoms with E-state index in [9.17, 15) is 9.59 Å². The van der Waals surface area contributed by atoms with Crippen LogP contribution in [0.4, 0.5) is 4.79 Å². The Morgan fingerprint density at radius 1 is 1.23 bits per heavy atom. The van der Waals surface area contributed by atoms with Crippen LogP contribution < -0.4 is 5.32 Å². The van der Waals surface area contributed by atoms with Crippen LogP contribution in [0.15, 0.2) is 36.4 Å². The van der Waals surface area contributed by atoms with Gasteiger partial charge in [-0.1, -0.05) is 18.2 Å². The number of aryl methyl sites for hydroxylation is 1. The molecule has 4 heterocycles. The van der Waals surface area contributed by atoms with E-state index in [-0.39, 0.29) is 11.9 Å². The first-order valence-electron chi connectivity index (χ1n) is 12.1. The molecule has 6 rings (SSSR count). The van der Waals surface area contributed by atoms with Gasteiger partial charge in [-0.15, -0.1) is 0 Å². The number of carbonyl (C=O) groups is 2. The third kappa shape index (κ3) is 3.80. The number of benzene rings is 1. The predicted octanol–water partition coefficient (Wildman–Crippen LogP) is 3.65. The minimum atomic E-state index is -1.09. The topological polar surface area (TPSA) is 105 Å². The molecule has 35 heavy (non-hydrogen) atoms. The molecule has 1 atom stereocenters. The molecule has 1 aliphatic heterocycles. The quantitative estimate of drug-likeness (QED) is 0.446. The predicted molar refractivity (Wildman–Crippen MR) is 132 cm³/mol. The average Bonchev–Trinajstić information content (AvgIpc) is 3.50. The van der Waals surface area contributed by atoms with Crippen LogP contribution in [-0.4, -0.2) is 60.2 Å². The number of nitrogens with one attached hydrogen (secondary N) is 1. The Morgan fingerprint density at radius 2 is 2.03 bits per heavy atom. The van der Waals surface area contributed by atoms with Crippen molar-refractivity contribution in [2.45, 2.75) is 38.8 Å². The maximum Gasteiger partial charge on any atom is 0.404 e. The van der Waals surface area contributed by atoms with Gasteiger partial charge in [-0.25, -0.2) is 14.8 Å². The Balaban J connectivity index is 1.39. The van der Waals surface area contributed by atoms with Crippen molar-refractivity contribution in [1.29, 1.82) is 0 Å². The van der Waals surface area contributed by atoms with E-state index in [1.807, 2.05) is 17.7 Å². The molecule has 9 heteroatoms. The number of fused-ring (bicyclic) bond motifs is 3. The summed E-state index contributed by atoms with van der Waals surface area (Å²) in [7, 11) is 1.99. The van der Waals surface area contributed by atoms with Crippen molar-refractivity contribution >= 4 is 34.1 Å². The molecule has 2 N–H and O–H groups in total. The molecule has 1 aliphatic carbocycles.